The SMILES string of the molecule is CCCCCCCCCCCCCCn1ccc(=O)c(OCc2ccc(O)cc2)c1C. The Morgan fingerprint density at radius 2 is 1.35 bits per heavy atom. The zero-order valence-corrected chi connectivity index (χ0v) is 19.6. The zero-order valence-electron chi connectivity index (χ0n) is 19.6. The van der Waals surface area contributed by atoms with Crippen LogP contribution in [0.1, 0.15) is 95.2 Å². The van der Waals surface area contributed by atoms with Crippen molar-refractivity contribution in [2.75, 3.05) is 0 Å². The predicted molar refractivity (Wildman–Crippen MR) is 129 cm³/mol. The van der Waals surface area contributed by atoms with Gasteiger partial charge in [-0.15, -0.1) is 0 Å². The van der Waals surface area contributed by atoms with Crippen LogP contribution >= 0.6 is 0 Å². The summed E-state index contributed by atoms with van der Waals surface area (Å²) in [4.78, 5) is 12.3. The van der Waals surface area contributed by atoms with Crippen molar-refractivity contribution in [3.63, 3.8) is 0 Å². The summed E-state index contributed by atoms with van der Waals surface area (Å²) in [6, 6.07) is 8.46. The molecular formula is C27H41NO3. The highest BCUT2D eigenvalue weighted by Crippen LogP contribution is 2.17. The van der Waals surface area contributed by atoms with Gasteiger partial charge >= 0.3 is 0 Å². The summed E-state index contributed by atoms with van der Waals surface area (Å²) in [5.74, 6) is 0.652. The maximum absolute atomic E-state index is 12.3. The van der Waals surface area contributed by atoms with E-state index in [-0.39, 0.29) is 11.2 Å². The van der Waals surface area contributed by atoms with Gasteiger partial charge in [0.1, 0.15) is 12.4 Å². The van der Waals surface area contributed by atoms with E-state index in [1.54, 1.807) is 30.3 Å². The Bertz CT molecular complexity index is 795. The van der Waals surface area contributed by atoms with Crippen molar-refractivity contribution in [3.05, 3.63) is 58.0 Å². The number of aromatic nitrogens is 1. The van der Waals surface area contributed by atoms with Crippen LogP contribution in [0.25, 0.3) is 0 Å². The third-order valence-corrected chi connectivity index (χ3v) is 5.96. The van der Waals surface area contributed by atoms with Gasteiger partial charge in [0.2, 0.25) is 5.43 Å². The van der Waals surface area contributed by atoms with E-state index in [0.717, 1.165) is 24.2 Å². The zero-order chi connectivity index (χ0) is 22.3. The second-order valence-corrected chi connectivity index (χ2v) is 8.63. The largest absolute Gasteiger partial charge is 0.508 e. The van der Waals surface area contributed by atoms with Gasteiger partial charge in [0, 0.05) is 18.8 Å². The van der Waals surface area contributed by atoms with Crippen LogP contribution in [0, 0.1) is 6.92 Å². The average Bonchev–Trinajstić information content (AvgIpc) is 2.77. The first kappa shape index (κ1) is 25.0. The maximum atomic E-state index is 12.3. The van der Waals surface area contributed by atoms with Gasteiger partial charge in [-0.2, -0.15) is 0 Å². The lowest BCUT2D eigenvalue weighted by molar-refractivity contribution is 0.296. The number of phenolic OH excluding ortho intramolecular Hbond substituents is 1. The van der Waals surface area contributed by atoms with Crippen LogP contribution in [0.3, 0.4) is 0 Å². The molecule has 0 unspecified atom stereocenters. The number of rotatable bonds is 16. The Labute approximate surface area is 188 Å². The molecule has 0 amide bonds. The molecule has 0 aliphatic carbocycles. The number of pyridine rings is 1. The molecule has 1 aromatic heterocycles. The standard InChI is InChI=1S/C27H41NO3/c1-3-4-5-6-7-8-9-10-11-12-13-14-20-28-21-19-26(30)27(23(28)2)31-22-24-15-17-25(29)18-16-24/h15-19,21,29H,3-14,20,22H2,1-2H3. The molecule has 31 heavy (non-hydrogen) atoms. The van der Waals surface area contributed by atoms with Crippen molar-refractivity contribution >= 4 is 0 Å². The molecule has 0 saturated carbocycles. The van der Waals surface area contributed by atoms with Crippen LogP contribution in [0.4, 0.5) is 0 Å². The minimum atomic E-state index is -0.0813. The van der Waals surface area contributed by atoms with Gasteiger partial charge in [-0.3, -0.25) is 4.79 Å². The van der Waals surface area contributed by atoms with Gasteiger partial charge in [0.15, 0.2) is 5.75 Å². The summed E-state index contributed by atoms with van der Waals surface area (Å²) in [6.07, 6.45) is 17.9. The monoisotopic (exact) mass is 427 g/mol. The van der Waals surface area contributed by atoms with Crippen molar-refractivity contribution in [1.29, 1.82) is 0 Å². The molecule has 0 spiro atoms. The fourth-order valence-corrected chi connectivity index (χ4v) is 3.94. The normalized spacial score (nSPS) is 11.0. The number of benzene rings is 1. The topological polar surface area (TPSA) is 51.5 Å². The molecule has 0 aliphatic rings. The number of hydrogen-bond acceptors (Lipinski definition) is 3. The number of unbranched alkanes of at least 4 members (excludes halogenated alkanes) is 11. The highest BCUT2D eigenvalue weighted by molar-refractivity contribution is 5.29. The van der Waals surface area contributed by atoms with E-state index in [4.69, 9.17) is 4.74 Å². The summed E-state index contributed by atoms with van der Waals surface area (Å²) in [5.41, 5.74) is 1.73. The third kappa shape index (κ3) is 9.63. The molecule has 1 heterocycles. The van der Waals surface area contributed by atoms with Crippen LogP contribution in [0.2, 0.25) is 0 Å². The Hall–Kier alpha value is -2.23. The predicted octanol–water partition coefficient (Wildman–Crippen LogP) is 7.14. The third-order valence-electron chi connectivity index (χ3n) is 5.96. The molecule has 172 valence electrons. The number of aryl methyl sites for hydroxylation is 1. The minimum Gasteiger partial charge on any atom is -0.508 e. The van der Waals surface area contributed by atoms with Crippen molar-refractivity contribution in [1.82, 2.24) is 4.57 Å². The van der Waals surface area contributed by atoms with Crippen molar-refractivity contribution in [3.8, 4) is 11.5 Å². The Morgan fingerprint density at radius 3 is 1.94 bits per heavy atom. The lowest BCUT2D eigenvalue weighted by atomic mass is 10.1. The molecule has 2 aromatic rings. The molecular weight excluding hydrogens is 386 g/mol. The molecule has 1 N–H and O–H groups in total. The highest BCUT2D eigenvalue weighted by Gasteiger charge is 2.09. The summed E-state index contributed by atoms with van der Waals surface area (Å²) >= 11 is 0. The molecule has 0 bridgehead atoms. The first-order valence-corrected chi connectivity index (χ1v) is 12.2. The average molecular weight is 428 g/mol. The van der Waals surface area contributed by atoms with Crippen molar-refractivity contribution in [2.45, 2.75) is 104 Å². The smallest absolute Gasteiger partial charge is 0.223 e. The van der Waals surface area contributed by atoms with Gasteiger partial charge < -0.3 is 14.4 Å². The Balaban J connectivity index is 1.65. The first-order chi connectivity index (χ1) is 15.1. The molecule has 0 saturated heterocycles. The second-order valence-electron chi connectivity index (χ2n) is 8.63. The number of phenols is 1. The van der Waals surface area contributed by atoms with Crippen LogP contribution in [-0.2, 0) is 13.2 Å². The number of ether oxygens (including phenoxy) is 1. The first-order valence-electron chi connectivity index (χ1n) is 12.2. The summed E-state index contributed by atoms with van der Waals surface area (Å²) in [6.45, 7) is 5.46. The van der Waals surface area contributed by atoms with Gasteiger partial charge in [-0.1, -0.05) is 89.7 Å². The minimum absolute atomic E-state index is 0.0813. The lowest BCUT2D eigenvalue weighted by Gasteiger charge is -2.15. The molecule has 1 aromatic carbocycles. The van der Waals surface area contributed by atoms with Crippen molar-refractivity contribution in [2.24, 2.45) is 0 Å². The van der Waals surface area contributed by atoms with E-state index >= 15 is 0 Å². The van der Waals surface area contributed by atoms with Gasteiger partial charge in [-0.25, -0.2) is 0 Å². The van der Waals surface area contributed by atoms with Crippen LogP contribution in [-0.4, -0.2) is 9.67 Å². The molecule has 0 atom stereocenters. The molecule has 4 nitrogen and oxygen atoms in total. The molecule has 0 fully saturated rings. The van der Waals surface area contributed by atoms with E-state index < -0.39 is 0 Å². The number of aromatic hydroxyl groups is 1. The van der Waals surface area contributed by atoms with E-state index in [9.17, 15) is 9.90 Å². The number of hydrogen-bond donors (Lipinski definition) is 1. The van der Waals surface area contributed by atoms with E-state index in [1.165, 1.54) is 70.6 Å². The summed E-state index contributed by atoms with van der Waals surface area (Å²) in [5, 5.41) is 9.38. The van der Waals surface area contributed by atoms with E-state index in [1.807, 2.05) is 13.1 Å². The fourth-order valence-electron chi connectivity index (χ4n) is 3.94. The summed E-state index contributed by atoms with van der Waals surface area (Å²) < 4.78 is 7.96. The van der Waals surface area contributed by atoms with E-state index in [2.05, 4.69) is 11.5 Å². The molecule has 4 heteroatoms. The Morgan fingerprint density at radius 1 is 0.806 bits per heavy atom. The number of nitrogens with zero attached hydrogens (tertiary/aromatic N) is 1. The van der Waals surface area contributed by atoms with Crippen LogP contribution in [0.15, 0.2) is 41.3 Å². The van der Waals surface area contributed by atoms with Crippen molar-refractivity contribution < 1.29 is 9.84 Å². The highest BCUT2D eigenvalue weighted by atomic mass is 16.5. The van der Waals surface area contributed by atoms with Crippen LogP contribution in [0.5, 0.6) is 11.5 Å². The summed E-state index contributed by atoms with van der Waals surface area (Å²) in [7, 11) is 0. The quantitative estimate of drug-likeness (QED) is 0.290. The molecule has 2 rings (SSSR count). The van der Waals surface area contributed by atoms with Gasteiger partial charge in [0.25, 0.3) is 0 Å². The Kier molecular flexibility index (Phi) is 11.9. The fraction of sp³-hybridized carbons (Fsp3) is 0.593. The molecule has 0 radical (unpaired) electrons. The van der Waals surface area contributed by atoms with E-state index in [0.29, 0.717) is 12.4 Å². The maximum Gasteiger partial charge on any atom is 0.223 e. The van der Waals surface area contributed by atoms with Crippen LogP contribution < -0.4 is 10.2 Å². The molecule has 0 aliphatic heterocycles. The van der Waals surface area contributed by atoms with Gasteiger partial charge in [0.05, 0.1) is 5.69 Å². The second kappa shape index (κ2) is 14.7. The van der Waals surface area contributed by atoms with Gasteiger partial charge in [-0.05, 0) is 31.0 Å². The lowest BCUT2D eigenvalue weighted by Crippen LogP contribution is -2.15.